The number of rotatable bonds is 4. The first-order valence-corrected chi connectivity index (χ1v) is 8.01. The zero-order valence-electron chi connectivity index (χ0n) is 13.4. The summed E-state index contributed by atoms with van der Waals surface area (Å²) >= 11 is 0. The number of aryl methyl sites for hydroxylation is 1. The molecule has 0 bridgehead atoms. The maximum Gasteiger partial charge on any atom is 0.269 e. The van der Waals surface area contributed by atoms with Crippen molar-refractivity contribution in [1.82, 2.24) is 10.9 Å². The van der Waals surface area contributed by atoms with Crippen LogP contribution in [0.25, 0.3) is 0 Å². The molecule has 2 aromatic carbocycles. The van der Waals surface area contributed by atoms with Crippen molar-refractivity contribution in [2.75, 3.05) is 0 Å². The number of halogens is 1. The molecule has 0 aliphatic heterocycles. The van der Waals surface area contributed by atoms with E-state index in [0.29, 0.717) is 18.4 Å². The van der Waals surface area contributed by atoms with E-state index >= 15 is 0 Å². The van der Waals surface area contributed by atoms with Gasteiger partial charge in [-0.3, -0.25) is 20.4 Å². The lowest BCUT2D eigenvalue weighted by atomic mass is 9.95. The molecular weight excluding hydrogens is 307 g/mol. The zero-order chi connectivity index (χ0) is 17.2. The molecule has 4 nitrogen and oxygen atoms in total. The molecule has 2 aromatic rings. The first-order valence-electron chi connectivity index (χ1n) is 8.01. The third kappa shape index (κ3) is 3.15. The SMILES string of the molecule is CCc1ccc(C(=O)NNC(=O)C2(c3ccc(F)cc3)CC2)cc1. The van der Waals surface area contributed by atoms with Crippen molar-refractivity contribution in [3.05, 3.63) is 71.0 Å². The molecule has 124 valence electrons. The molecule has 0 unspecified atom stereocenters. The number of carbonyl (C=O) groups is 2. The molecule has 1 fully saturated rings. The maximum atomic E-state index is 13.0. The molecule has 1 saturated carbocycles. The monoisotopic (exact) mass is 326 g/mol. The smallest absolute Gasteiger partial charge is 0.269 e. The van der Waals surface area contributed by atoms with Gasteiger partial charge in [-0.2, -0.15) is 0 Å². The topological polar surface area (TPSA) is 58.2 Å². The fourth-order valence-electron chi connectivity index (χ4n) is 2.74. The Morgan fingerprint density at radius 2 is 1.62 bits per heavy atom. The van der Waals surface area contributed by atoms with Gasteiger partial charge in [0.25, 0.3) is 5.91 Å². The Balaban J connectivity index is 1.62. The van der Waals surface area contributed by atoms with Crippen LogP contribution in [-0.2, 0) is 16.6 Å². The van der Waals surface area contributed by atoms with Crippen LogP contribution in [0.2, 0.25) is 0 Å². The molecule has 0 radical (unpaired) electrons. The summed E-state index contributed by atoms with van der Waals surface area (Å²) in [5.74, 6) is -0.965. The van der Waals surface area contributed by atoms with Gasteiger partial charge in [0.2, 0.25) is 5.91 Å². The van der Waals surface area contributed by atoms with Crippen molar-refractivity contribution in [3.63, 3.8) is 0 Å². The van der Waals surface area contributed by atoms with Crippen molar-refractivity contribution in [2.45, 2.75) is 31.6 Å². The minimum absolute atomic E-state index is 0.271. The van der Waals surface area contributed by atoms with Gasteiger partial charge in [-0.1, -0.05) is 31.2 Å². The fourth-order valence-corrected chi connectivity index (χ4v) is 2.74. The van der Waals surface area contributed by atoms with E-state index in [1.807, 2.05) is 19.1 Å². The van der Waals surface area contributed by atoms with Gasteiger partial charge < -0.3 is 0 Å². The molecule has 1 aliphatic carbocycles. The van der Waals surface area contributed by atoms with Crippen LogP contribution in [-0.4, -0.2) is 11.8 Å². The van der Waals surface area contributed by atoms with Crippen molar-refractivity contribution in [2.24, 2.45) is 0 Å². The molecule has 2 amide bonds. The quantitative estimate of drug-likeness (QED) is 0.849. The van der Waals surface area contributed by atoms with Crippen LogP contribution >= 0.6 is 0 Å². The molecule has 0 spiro atoms. The Morgan fingerprint density at radius 1 is 1.00 bits per heavy atom. The van der Waals surface area contributed by atoms with Gasteiger partial charge in [0.15, 0.2) is 0 Å². The Hall–Kier alpha value is -2.69. The van der Waals surface area contributed by atoms with Crippen LogP contribution in [0, 0.1) is 5.82 Å². The van der Waals surface area contributed by atoms with E-state index in [1.54, 1.807) is 24.3 Å². The summed E-state index contributed by atoms with van der Waals surface area (Å²) in [6.07, 6.45) is 2.27. The van der Waals surface area contributed by atoms with Gasteiger partial charge in [0, 0.05) is 5.56 Å². The minimum Gasteiger partial charge on any atom is -0.272 e. The van der Waals surface area contributed by atoms with Gasteiger partial charge in [-0.25, -0.2) is 4.39 Å². The summed E-state index contributed by atoms with van der Waals surface area (Å²) < 4.78 is 13.0. The molecular formula is C19H19FN2O2. The van der Waals surface area contributed by atoms with E-state index in [2.05, 4.69) is 10.9 Å². The molecule has 0 aromatic heterocycles. The Labute approximate surface area is 140 Å². The number of hydrogen-bond acceptors (Lipinski definition) is 2. The van der Waals surface area contributed by atoms with Crippen LogP contribution in [0.5, 0.6) is 0 Å². The number of hydrazine groups is 1. The molecule has 24 heavy (non-hydrogen) atoms. The first kappa shape index (κ1) is 16.2. The highest BCUT2D eigenvalue weighted by atomic mass is 19.1. The van der Waals surface area contributed by atoms with E-state index in [0.717, 1.165) is 17.5 Å². The summed E-state index contributed by atoms with van der Waals surface area (Å²) in [6.45, 7) is 2.04. The highest BCUT2D eigenvalue weighted by Crippen LogP contribution is 2.48. The number of amides is 2. The number of hydrogen-bond donors (Lipinski definition) is 2. The third-order valence-corrected chi connectivity index (χ3v) is 4.50. The Morgan fingerprint density at radius 3 is 2.17 bits per heavy atom. The lowest BCUT2D eigenvalue weighted by Crippen LogP contribution is -2.46. The average molecular weight is 326 g/mol. The average Bonchev–Trinajstić information content (AvgIpc) is 3.42. The van der Waals surface area contributed by atoms with Gasteiger partial charge >= 0.3 is 0 Å². The van der Waals surface area contributed by atoms with Crippen LogP contribution in [0.4, 0.5) is 4.39 Å². The van der Waals surface area contributed by atoms with Crippen molar-refractivity contribution >= 4 is 11.8 Å². The molecule has 2 N–H and O–H groups in total. The van der Waals surface area contributed by atoms with Gasteiger partial charge in [-0.05, 0) is 54.7 Å². The molecule has 3 rings (SSSR count). The molecule has 0 heterocycles. The number of nitrogens with one attached hydrogen (secondary N) is 2. The highest BCUT2D eigenvalue weighted by molar-refractivity contribution is 5.97. The van der Waals surface area contributed by atoms with Gasteiger partial charge in [-0.15, -0.1) is 0 Å². The van der Waals surface area contributed by atoms with Crippen molar-refractivity contribution in [3.8, 4) is 0 Å². The van der Waals surface area contributed by atoms with E-state index in [-0.39, 0.29) is 17.6 Å². The number of benzene rings is 2. The normalized spacial score (nSPS) is 14.8. The predicted octanol–water partition coefficient (Wildman–Crippen LogP) is 2.88. The predicted molar refractivity (Wildman–Crippen MR) is 88.7 cm³/mol. The van der Waals surface area contributed by atoms with Crippen molar-refractivity contribution in [1.29, 1.82) is 0 Å². The molecule has 0 atom stereocenters. The summed E-state index contributed by atoms with van der Waals surface area (Å²) in [5.41, 5.74) is 6.68. The standard InChI is InChI=1S/C19H19FN2O2/c1-2-13-3-5-14(6-4-13)17(23)21-22-18(24)19(11-12-19)15-7-9-16(20)10-8-15/h3-10H,2,11-12H2,1H3,(H,21,23)(H,22,24). The maximum absolute atomic E-state index is 13.0. The lowest BCUT2D eigenvalue weighted by Gasteiger charge is -2.16. The van der Waals surface area contributed by atoms with Crippen LogP contribution < -0.4 is 10.9 Å². The second-order valence-electron chi connectivity index (χ2n) is 6.05. The van der Waals surface area contributed by atoms with E-state index in [1.165, 1.54) is 12.1 Å². The fraction of sp³-hybridized carbons (Fsp3) is 0.263. The minimum atomic E-state index is -0.660. The summed E-state index contributed by atoms with van der Waals surface area (Å²) in [4.78, 5) is 24.5. The molecule has 0 saturated heterocycles. The van der Waals surface area contributed by atoms with Crippen LogP contribution in [0.15, 0.2) is 48.5 Å². The van der Waals surface area contributed by atoms with E-state index in [9.17, 15) is 14.0 Å². The Kier molecular flexibility index (Phi) is 4.34. The zero-order valence-corrected chi connectivity index (χ0v) is 13.4. The molecule has 1 aliphatic rings. The largest absolute Gasteiger partial charge is 0.272 e. The third-order valence-electron chi connectivity index (χ3n) is 4.50. The van der Waals surface area contributed by atoms with Gasteiger partial charge in [0.1, 0.15) is 5.82 Å². The molecule has 5 heteroatoms. The van der Waals surface area contributed by atoms with Crippen molar-refractivity contribution < 1.29 is 14.0 Å². The first-order chi connectivity index (χ1) is 11.5. The van der Waals surface area contributed by atoms with E-state index < -0.39 is 5.41 Å². The number of carbonyl (C=O) groups excluding carboxylic acids is 2. The Bertz CT molecular complexity index is 750. The van der Waals surface area contributed by atoms with Crippen LogP contribution in [0.3, 0.4) is 0 Å². The highest BCUT2D eigenvalue weighted by Gasteiger charge is 2.51. The summed E-state index contributed by atoms with van der Waals surface area (Å²) in [6, 6.07) is 13.2. The van der Waals surface area contributed by atoms with Gasteiger partial charge in [0.05, 0.1) is 5.41 Å². The summed E-state index contributed by atoms with van der Waals surface area (Å²) in [7, 11) is 0. The lowest BCUT2D eigenvalue weighted by molar-refractivity contribution is -0.124. The second-order valence-corrected chi connectivity index (χ2v) is 6.05. The van der Waals surface area contributed by atoms with Crippen LogP contribution in [0.1, 0.15) is 41.3 Å². The van der Waals surface area contributed by atoms with E-state index in [4.69, 9.17) is 0 Å². The summed E-state index contributed by atoms with van der Waals surface area (Å²) in [5, 5.41) is 0. The second kappa shape index (κ2) is 6.43.